The van der Waals surface area contributed by atoms with Crippen LogP contribution in [-0.4, -0.2) is 5.11 Å². The normalized spacial score (nSPS) is 11.8. The molecule has 0 fully saturated rings. The number of nitriles is 1. The number of ether oxygens (including phenoxy) is 1. The third kappa shape index (κ3) is 3.59. The quantitative estimate of drug-likeness (QED) is 0.933. The van der Waals surface area contributed by atoms with Crippen molar-refractivity contribution in [3.63, 3.8) is 0 Å². The first-order chi connectivity index (χ1) is 10.0. The minimum Gasteiger partial charge on any atom is -0.488 e. The van der Waals surface area contributed by atoms with Crippen LogP contribution in [0.25, 0.3) is 0 Å². The van der Waals surface area contributed by atoms with Gasteiger partial charge in [-0.25, -0.2) is 4.39 Å². The van der Waals surface area contributed by atoms with E-state index in [0.717, 1.165) is 5.56 Å². The predicted molar refractivity (Wildman–Crippen MR) is 77.3 cm³/mol. The van der Waals surface area contributed by atoms with Crippen molar-refractivity contribution in [2.75, 3.05) is 0 Å². The highest BCUT2D eigenvalue weighted by molar-refractivity contribution is 5.39. The topological polar surface area (TPSA) is 53.2 Å². The Bertz CT molecular complexity index is 690. The van der Waals surface area contributed by atoms with Crippen molar-refractivity contribution in [2.24, 2.45) is 0 Å². The van der Waals surface area contributed by atoms with Gasteiger partial charge in [-0.3, -0.25) is 0 Å². The van der Waals surface area contributed by atoms with Crippen LogP contribution >= 0.6 is 0 Å². The number of halogens is 1. The summed E-state index contributed by atoms with van der Waals surface area (Å²) in [7, 11) is 0. The Kier molecular flexibility index (Phi) is 4.56. The average Bonchev–Trinajstić information content (AvgIpc) is 2.47. The molecule has 0 saturated carbocycles. The Balaban J connectivity index is 2.23. The molecule has 1 N–H and O–H groups in total. The number of nitrogens with zero attached hydrogens (tertiary/aromatic N) is 1. The predicted octanol–water partition coefficient (Wildman–Crippen LogP) is 3.64. The maximum absolute atomic E-state index is 13.7. The van der Waals surface area contributed by atoms with Gasteiger partial charge in [0.1, 0.15) is 18.2 Å². The highest BCUT2D eigenvalue weighted by Gasteiger charge is 2.11. The van der Waals surface area contributed by atoms with E-state index in [9.17, 15) is 9.50 Å². The third-order valence-electron chi connectivity index (χ3n) is 3.17. The van der Waals surface area contributed by atoms with E-state index >= 15 is 0 Å². The molecule has 0 aliphatic heterocycles. The maximum atomic E-state index is 13.7. The molecule has 0 amide bonds. The van der Waals surface area contributed by atoms with Gasteiger partial charge in [-0.2, -0.15) is 5.26 Å². The summed E-state index contributed by atoms with van der Waals surface area (Å²) >= 11 is 0. The van der Waals surface area contributed by atoms with E-state index in [-0.39, 0.29) is 6.61 Å². The van der Waals surface area contributed by atoms with E-state index in [2.05, 4.69) is 0 Å². The number of aryl methyl sites for hydroxylation is 1. The second-order valence-electron chi connectivity index (χ2n) is 4.92. The molecule has 0 unspecified atom stereocenters. The Morgan fingerprint density at radius 3 is 2.71 bits per heavy atom. The standard InChI is InChI=1S/C17H16FNO2/c1-11-3-6-17(15(7-11)12(2)20)21-10-14-8-13(9-19)4-5-16(14)18/h3-8,12,20H,10H2,1-2H3/t12-/m0/s1. The molecule has 2 aromatic carbocycles. The van der Waals surface area contributed by atoms with Crippen LogP contribution in [0.1, 0.15) is 35.3 Å². The molecule has 0 aliphatic carbocycles. The van der Waals surface area contributed by atoms with Gasteiger partial charge in [-0.05, 0) is 44.2 Å². The third-order valence-corrected chi connectivity index (χ3v) is 3.17. The molecule has 0 spiro atoms. The highest BCUT2D eigenvalue weighted by atomic mass is 19.1. The molecule has 0 aromatic heterocycles. The first kappa shape index (κ1) is 15.0. The largest absolute Gasteiger partial charge is 0.488 e. The van der Waals surface area contributed by atoms with E-state index in [1.54, 1.807) is 13.0 Å². The van der Waals surface area contributed by atoms with E-state index in [1.165, 1.54) is 18.2 Å². The summed E-state index contributed by atoms with van der Waals surface area (Å²) in [5, 5.41) is 18.6. The number of hydrogen-bond donors (Lipinski definition) is 1. The van der Waals surface area contributed by atoms with Gasteiger partial charge in [0.25, 0.3) is 0 Å². The molecule has 3 nitrogen and oxygen atoms in total. The van der Waals surface area contributed by atoms with Crippen LogP contribution in [0.5, 0.6) is 5.75 Å². The molecule has 0 bridgehead atoms. The van der Waals surface area contributed by atoms with Crippen molar-refractivity contribution >= 4 is 0 Å². The molecule has 1 atom stereocenters. The van der Waals surface area contributed by atoms with Crippen molar-refractivity contribution in [1.29, 1.82) is 5.26 Å². The van der Waals surface area contributed by atoms with Crippen molar-refractivity contribution in [2.45, 2.75) is 26.6 Å². The van der Waals surface area contributed by atoms with Gasteiger partial charge in [0.15, 0.2) is 0 Å². The molecule has 0 radical (unpaired) electrons. The highest BCUT2D eigenvalue weighted by Crippen LogP contribution is 2.27. The zero-order valence-electron chi connectivity index (χ0n) is 11.9. The smallest absolute Gasteiger partial charge is 0.129 e. The summed E-state index contributed by atoms with van der Waals surface area (Å²) in [5.74, 6) is 0.0945. The van der Waals surface area contributed by atoms with Crippen molar-refractivity contribution in [3.05, 3.63) is 64.5 Å². The van der Waals surface area contributed by atoms with Crippen molar-refractivity contribution < 1.29 is 14.2 Å². The van der Waals surface area contributed by atoms with Crippen molar-refractivity contribution in [1.82, 2.24) is 0 Å². The van der Waals surface area contributed by atoms with E-state index in [4.69, 9.17) is 10.00 Å². The lowest BCUT2D eigenvalue weighted by Crippen LogP contribution is -2.03. The van der Waals surface area contributed by atoms with Crippen LogP contribution in [-0.2, 0) is 6.61 Å². The zero-order chi connectivity index (χ0) is 15.4. The van der Waals surface area contributed by atoms with Crippen LogP contribution < -0.4 is 4.74 Å². The molecular weight excluding hydrogens is 269 g/mol. The fourth-order valence-electron chi connectivity index (χ4n) is 2.04. The SMILES string of the molecule is Cc1ccc(OCc2cc(C#N)ccc2F)c([C@H](C)O)c1. The molecule has 0 saturated heterocycles. The Hall–Kier alpha value is -2.38. The van der Waals surface area contributed by atoms with Crippen LogP contribution in [0.4, 0.5) is 4.39 Å². The Labute approximate surface area is 123 Å². The van der Waals surface area contributed by atoms with Gasteiger partial charge in [-0.1, -0.05) is 11.6 Å². The number of aliphatic hydroxyl groups is 1. The fourth-order valence-corrected chi connectivity index (χ4v) is 2.04. The lowest BCUT2D eigenvalue weighted by molar-refractivity contribution is 0.189. The lowest BCUT2D eigenvalue weighted by Gasteiger charge is -2.14. The lowest BCUT2D eigenvalue weighted by atomic mass is 10.1. The number of benzene rings is 2. The molecular formula is C17H16FNO2. The first-order valence-corrected chi connectivity index (χ1v) is 6.61. The maximum Gasteiger partial charge on any atom is 0.129 e. The van der Waals surface area contributed by atoms with Gasteiger partial charge in [0.2, 0.25) is 0 Å². The van der Waals surface area contributed by atoms with Gasteiger partial charge in [0, 0.05) is 11.1 Å². The summed E-state index contributed by atoms with van der Waals surface area (Å²) in [6.45, 7) is 3.58. The zero-order valence-corrected chi connectivity index (χ0v) is 11.9. The van der Waals surface area contributed by atoms with Gasteiger partial charge >= 0.3 is 0 Å². The second-order valence-corrected chi connectivity index (χ2v) is 4.92. The van der Waals surface area contributed by atoms with Crippen LogP contribution in [0.15, 0.2) is 36.4 Å². The van der Waals surface area contributed by atoms with Crippen LogP contribution in [0.2, 0.25) is 0 Å². The summed E-state index contributed by atoms with van der Waals surface area (Å²) in [6, 6.07) is 11.6. The van der Waals surface area contributed by atoms with E-state index in [0.29, 0.717) is 22.4 Å². The van der Waals surface area contributed by atoms with Crippen LogP contribution in [0, 0.1) is 24.1 Å². The molecule has 21 heavy (non-hydrogen) atoms. The minimum absolute atomic E-state index is 0.00410. The number of aliphatic hydroxyl groups excluding tert-OH is 1. The first-order valence-electron chi connectivity index (χ1n) is 6.61. The van der Waals surface area contributed by atoms with Gasteiger partial charge < -0.3 is 9.84 Å². The molecule has 0 aliphatic rings. The minimum atomic E-state index is -0.671. The van der Waals surface area contributed by atoms with E-state index < -0.39 is 11.9 Å². The monoisotopic (exact) mass is 285 g/mol. The second kappa shape index (κ2) is 6.38. The number of hydrogen-bond acceptors (Lipinski definition) is 3. The van der Waals surface area contributed by atoms with Crippen LogP contribution in [0.3, 0.4) is 0 Å². The van der Waals surface area contributed by atoms with Gasteiger partial charge in [0.05, 0.1) is 17.7 Å². The molecule has 2 rings (SSSR count). The fraction of sp³-hybridized carbons (Fsp3) is 0.235. The molecule has 108 valence electrons. The summed E-state index contributed by atoms with van der Waals surface area (Å²) in [4.78, 5) is 0. The summed E-state index contributed by atoms with van der Waals surface area (Å²) in [6.07, 6.45) is -0.671. The summed E-state index contributed by atoms with van der Waals surface area (Å²) in [5.41, 5.74) is 2.36. The number of rotatable bonds is 4. The Morgan fingerprint density at radius 2 is 2.05 bits per heavy atom. The Morgan fingerprint density at radius 1 is 1.29 bits per heavy atom. The van der Waals surface area contributed by atoms with Gasteiger partial charge in [-0.15, -0.1) is 0 Å². The molecule has 0 heterocycles. The molecule has 4 heteroatoms. The molecule has 2 aromatic rings. The average molecular weight is 285 g/mol. The van der Waals surface area contributed by atoms with E-state index in [1.807, 2.05) is 25.1 Å². The summed E-state index contributed by atoms with van der Waals surface area (Å²) < 4.78 is 19.3. The van der Waals surface area contributed by atoms with Crippen molar-refractivity contribution in [3.8, 4) is 11.8 Å².